The lowest BCUT2D eigenvalue weighted by atomic mass is 10.2. The summed E-state index contributed by atoms with van der Waals surface area (Å²) in [6.07, 6.45) is 0.489. The van der Waals surface area contributed by atoms with Crippen molar-refractivity contribution in [1.82, 2.24) is 0 Å². The summed E-state index contributed by atoms with van der Waals surface area (Å²) < 4.78 is 4.91. The zero-order valence-corrected chi connectivity index (χ0v) is 16.8. The van der Waals surface area contributed by atoms with Crippen molar-refractivity contribution in [2.75, 3.05) is 17.2 Å². The van der Waals surface area contributed by atoms with Crippen LogP contribution in [0.4, 0.5) is 11.4 Å². The van der Waals surface area contributed by atoms with Crippen molar-refractivity contribution in [2.24, 2.45) is 0 Å². The smallest absolute Gasteiger partial charge is 0.306 e. The molecule has 0 aliphatic rings. The number of carbonyl (C=O) groups is 3. The van der Waals surface area contributed by atoms with Gasteiger partial charge < -0.3 is 15.4 Å². The number of amides is 2. The number of carbonyl (C=O) groups excluding carboxylic acids is 3. The fourth-order valence-corrected chi connectivity index (χ4v) is 2.64. The van der Waals surface area contributed by atoms with E-state index < -0.39 is 18.5 Å². The van der Waals surface area contributed by atoms with E-state index in [4.69, 9.17) is 27.9 Å². The first-order valence-electron chi connectivity index (χ1n) is 8.60. The number of hydrogen-bond acceptors (Lipinski definition) is 4. The molecular weight excluding hydrogens is 403 g/mol. The Labute approximate surface area is 173 Å². The summed E-state index contributed by atoms with van der Waals surface area (Å²) in [5.74, 6) is -1.25. The molecule has 0 atom stereocenters. The zero-order chi connectivity index (χ0) is 20.5. The highest BCUT2D eigenvalue weighted by molar-refractivity contribution is 6.31. The van der Waals surface area contributed by atoms with Gasteiger partial charge in [0.2, 0.25) is 5.91 Å². The van der Waals surface area contributed by atoms with Crippen LogP contribution in [-0.4, -0.2) is 24.4 Å². The Hall–Kier alpha value is -2.57. The quantitative estimate of drug-likeness (QED) is 0.609. The van der Waals surface area contributed by atoms with Gasteiger partial charge in [0, 0.05) is 34.3 Å². The maximum Gasteiger partial charge on any atom is 0.306 e. The lowest BCUT2D eigenvalue weighted by Gasteiger charge is -2.08. The first-order valence-corrected chi connectivity index (χ1v) is 9.36. The fraction of sp³-hybridized carbons (Fsp3) is 0.250. The molecule has 0 spiro atoms. The Balaban J connectivity index is 1.64. The van der Waals surface area contributed by atoms with E-state index in [0.717, 1.165) is 5.56 Å². The third-order valence-electron chi connectivity index (χ3n) is 3.71. The molecule has 0 radical (unpaired) electrons. The zero-order valence-electron chi connectivity index (χ0n) is 15.3. The van der Waals surface area contributed by atoms with Crippen LogP contribution in [0.25, 0.3) is 0 Å². The number of hydrogen-bond donors (Lipinski definition) is 2. The minimum absolute atomic E-state index is 0.0343. The number of halogens is 2. The topological polar surface area (TPSA) is 84.5 Å². The largest absolute Gasteiger partial charge is 0.456 e. The van der Waals surface area contributed by atoms with Gasteiger partial charge in [0.1, 0.15) is 0 Å². The van der Waals surface area contributed by atoms with Crippen molar-refractivity contribution < 1.29 is 19.1 Å². The van der Waals surface area contributed by atoms with E-state index in [-0.39, 0.29) is 18.7 Å². The first kappa shape index (κ1) is 21.7. The molecule has 2 amide bonds. The molecule has 2 aromatic carbocycles. The molecule has 6 nitrogen and oxygen atoms in total. The Morgan fingerprint density at radius 3 is 2.36 bits per heavy atom. The van der Waals surface area contributed by atoms with Gasteiger partial charge in [-0.1, -0.05) is 35.3 Å². The highest BCUT2D eigenvalue weighted by Gasteiger charge is 2.10. The molecule has 0 aromatic heterocycles. The summed E-state index contributed by atoms with van der Waals surface area (Å²) in [7, 11) is 0. The second-order valence-electron chi connectivity index (χ2n) is 6.08. The van der Waals surface area contributed by atoms with Gasteiger partial charge in [-0.15, -0.1) is 0 Å². The van der Waals surface area contributed by atoms with Crippen molar-refractivity contribution >= 4 is 52.4 Å². The van der Waals surface area contributed by atoms with Crippen LogP contribution in [0.1, 0.15) is 24.8 Å². The lowest BCUT2D eigenvalue weighted by Crippen LogP contribution is -2.21. The molecule has 0 saturated carbocycles. The van der Waals surface area contributed by atoms with E-state index in [0.29, 0.717) is 27.8 Å². The SMILES string of the molecule is Cc1ccc(NC(=O)COC(=O)CCCC(=O)Nc2cccc(Cl)c2)cc1Cl. The second-order valence-corrected chi connectivity index (χ2v) is 6.93. The van der Waals surface area contributed by atoms with E-state index >= 15 is 0 Å². The minimum atomic E-state index is -0.548. The first-order chi connectivity index (χ1) is 13.3. The molecule has 0 bridgehead atoms. The van der Waals surface area contributed by atoms with Crippen molar-refractivity contribution in [1.29, 1.82) is 0 Å². The van der Waals surface area contributed by atoms with Gasteiger partial charge in [-0.2, -0.15) is 0 Å². The summed E-state index contributed by atoms with van der Waals surface area (Å²) in [6.45, 7) is 1.45. The monoisotopic (exact) mass is 422 g/mol. The number of ether oxygens (including phenoxy) is 1. The van der Waals surface area contributed by atoms with Crippen molar-refractivity contribution in [2.45, 2.75) is 26.2 Å². The van der Waals surface area contributed by atoms with Crippen LogP contribution in [0.2, 0.25) is 10.0 Å². The van der Waals surface area contributed by atoms with Crippen LogP contribution in [0.3, 0.4) is 0 Å². The Morgan fingerprint density at radius 2 is 1.64 bits per heavy atom. The summed E-state index contributed by atoms with van der Waals surface area (Å²) in [4.78, 5) is 35.4. The van der Waals surface area contributed by atoms with Crippen LogP contribution >= 0.6 is 23.2 Å². The normalized spacial score (nSPS) is 10.2. The summed E-state index contributed by atoms with van der Waals surface area (Å²) in [5, 5.41) is 6.34. The van der Waals surface area contributed by atoms with Crippen LogP contribution in [-0.2, 0) is 19.1 Å². The van der Waals surface area contributed by atoms with E-state index in [2.05, 4.69) is 10.6 Å². The van der Waals surface area contributed by atoms with E-state index in [1.165, 1.54) is 0 Å². The van der Waals surface area contributed by atoms with Crippen LogP contribution < -0.4 is 10.6 Å². The Kier molecular flexibility index (Phi) is 8.29. The molecule has 28 heavy (non-hydrogen) atoms. The molecule has 0 aliphatic carbocycles. The van der Waals surface area contributed by atoms with Gasteiger partial charge in [-0.3, -0.25) is 14.4 Å². The second kappa shape index (κ2) is 10.7. The molecule has 8 heteroatoms. The van der Waals surface area contributed by atoms with Crippen LogP contribution in [0.5, 0.6) is 0 Å². The molecule has 0 aliphatic heterocycles. The maximum absolute atomic E-state index is 11.8. The third-order valence-corrected chi connectivity index (χ3v) is 4.36. The molecule has 2 N–H and O–H groups in total. The summed E-state index contributed by atoms with van der Waals surface area (Å²) in [6, 6.07) is 11.9. The molecule has 2 rings (SSSR count). The van der Waals surface area contributed by atoms with Gasteiger partial charge in [0.25, 0.3) is 5.91 Å². The predicted octanol–water partition coefficient (Wildman–Crippen LogP) is 4.59. The van der Waals surface area contributed by atoms with Gasteiger partial charge in [-0.25, -0.2) is 0 Å². The summed E-state index contributed by atoms with van der Waals surface area (Å²) in [5.41, 5.74) is 2.01. The van der Waals surface area contributed by atoms with Crippen LogP contribution in [0.15, 0.2) is 42.5 Å². The van der Waals surface area contributed by atoms with Gasteiger partial charge in [0.15, 0.2) is 6.61 Å². The van der Waals surface area contributed by atoms with E-state index in [9.17, 15) is 14.4 Å². The van der Waals surface area contributed by atoms with Crippen LogP contribution in [0, 0.1) is 6.92 Å². The van der Waals surface area contributed by atoms with Gasteiger partial charge in [-0.05, 0) is 49.2 Å². The number of anilines is 2. The van der Waals surface area contributed by atoms with Gasteiger partial charge >= 0.3 is 5.97 Å². The Bertz CT molecular complexity index is 871. The minimum Gasteiger partial charge on any atom is -0.456 e. The average Bonchev–Trinajstić information content (AvgIpc) is 2.63. The molecule has 0 fully saturated rings. The molecule has 0 saturated heterocycles. The average molecular weight is 423 g/mol. The molecule has 2 aromatic rings. The number of esters is 1. The van der Waals surface area contributed by atoms with E-state index in [1.54, 1.807) is 42.5 Å². The van der Waals surface area contributed by atoms with Crippen molar-refractivity contribution in [3.8, 4) is 0 Å². The lowest BCUT2D eigenvalue weighted by molar-refractivity contribution is -0.147. The standard InChI is InChI=1S/C20H20Cl2N2O4/c1-13-8-9-16(11-17(13)22)24-19(26)12-28-20(27)7-3-6-18(25)23-15-5-2-4-14(21)10-15/h2,4-5,8-11H,3,6-7,12H2,1H3,(H,23,25)(H,24,26). The van der Waals surface area contributed by atoms with Gasteiger partial charge in [0.05, 0.1) is 0 Å². The number of aryl methyl sites for hydroxylation is 1. The number of rotatable bonds is 8. The highest BCUT2D eigenvalue weighted by Crippen LogP contribution is 2.20. The third kappa shape index (κ3) is 7.58. The van der Waals surface area contributed by atoms with Crippen molar-refractivity contribution in [3.63, 3.8) is 0 Å². The summed E-state index contributed by atoms with van der Waals surface area (Å²) >= 11 is 11.8. The molecule has 0 unspecified atom stereocenters. The molecule has 0 heterocycles. The van der Waals surface area contributed by atoms with Crippen molar-refractivity contribution in [3.05, 3.63) is 58.1 Å². The van der Waals surface area contributed by atoms with E-state index in [1.807, 2.05) is 6.92 Å². The maximum atomic E-state index is 11.8. The highest BCUT2D eigenvalue weighted by atomic mass is 35.5. The number of benzene rings is 2. The molecular formula is C20H20Cl2N2O4. The number of nitrogens with one attached hydrogen (secondary N) is 2. The Morgan fingerprint density at radius 1 is 0.929 bits per heavy atom. The fourth-order valence-electron chi connectivity index (χ4n) is 2.27. The molecule has 148 valence electrons. The predicted molar refractivity (Wildman–Crippen MR) is 110 cm³/mol.